The topological polar surface area (TPSA) is 78.6 Å². The molecule has 4 heterocycles. The average Bonchev–Trinajstić information content (AvgIpc) is 3.10. The Hall–Kier alpha value is -2.90. The van der Waals surface area contributed by atoms with Crippen LogP contribution in [-0.4, -0.2) is 45.4 Å². The molecule has 0 radical (unpaired) electrons. The molecule has 0 amide bonds. The van der Waals surface area contributed by atoms with Gasteiger partial charge in [0.15, 0.2) is 5.58 Å². The fourth-order valence-corrected chi connectivity index (χ4v) is 3.94. The summed E-state index contributed by atoms with van der Waals surface area (Å²) in [5.41, 5.74) is 6.44. The summed E-state index contributed by atoms with van der Waals surface area (Å²) in [6, 6.07) is 9.99. The fraction of sp³-hybridized carbons (Fsp3) is 0.333. The van der Waals surface area contributed by atoms with Crippen molar-refractivity contribution in [2.75, 3.05) is 26.2 Å². The Morgan fingerprint density at radius 1 is 1.18 bits per heavy atom. The Bertz CT molecular complexity index is 1190. The molecule has 0 aliphatic carbocycles. The first-order chi connectivity index (χ1) is 13.7. The van der Waals surface area contributed by atoms with Crippen LogP contribution in [0.3, 0.4) is 0 Å². The van der Waals surface area contributed by atoms with Crippen LogP contribution in [0, 0.1) is 6.92 Å². The van der Waals surface area contributed by atoms with Crippen molar-refractivity contribution in [1.29, 1.82) is 0 Å². The van der Waals surface area contributed by atoms with Crippen LogP contribution < -0.4 is 11.1 Å². The molecule has 0 unspecified atom stereocenters. The number of aromatic amines is 1. The number of fused-ring (bicyclic) bond motifs is 2. The second kappa shape index (κ2) is 6.92. The van der Waals surface area contributed by atoms with Crippen molar-refractivity contribution in [2.45, 2.75) is 19.9 Å². The third-order valence-electron chi connectivity index (χ3n) is 5.38. The first-order valence-corrected chi connectivity index (χ1v) is 9.71. The molecule has 144 valence electrons. The van der Waals surface area contributed by atoms with Gasteiger partial charge >= 0.3 is 5.76 Å². The van der Waals surface area contributed by atoms with E-state index in [9.17, 15) is 4.79 Å². The minimum Gasteiger partial charge on any atom is -0.408 e. The van der Waals surface area contributed by atoms with E-state index in [1.165, 1.54) is 5.56 Å². The Kier molecular flexibility index (Phi) is 4.26. The molecular weight excluding hydrogens is 354 g/mol. The van der Waals surface area contributed by atoms with Gasteiger partial charge in [-0.3, -0.25) is 9.88 Å². The third kappa shape index (κ3) is 3.12. The van der Waals surface area contributed by atoms with Crippen LogP contribution in [0.5, 0.6) is 0 Å². The number of imidazole rings is 1. The molecule has 1 saturated heterocycles. The second-order valence-corrected chi connectivity index (χ2v) is 7.44. The summed E-state index contributed by atoms with van der Waals surface area (Å²) in [5, 5.41) is 3.46. The van der Waals surface area contributed by atoms with E-state index < -0.39 is 5.76 Å². The van der Waals surface area contributed by atoms with Crippen LogP contribution >= 0.6 is 0 Å². The summed E-state index contributed by atoms with van der Waals surface area (Å²) in [6.07, 6.45) is 3.24. The molecule has 4 aromatic rings. The Balaban J connectivity index is 1.64. The number of hydrogen-bond donors (Lipinski definition) is 2. The highest BCUT2D eigenvalue weighted by molar-refractivity contribution is 5.80. The van der Waals surface area contributed by atoms with Crippen LogP contribution in [0.15, 0.2) is 45.7 Å². The number of oxazole rings is 1. The van der Waals surface area contributed by atoms with Crippen LogP contribution in [0.4, 0.5) is 0 Å². The summed E-state index contributed by atoms with van der Waals surface area (Å²) >= 11 is 0. The van der Waals surface area contributed by atoms with E-state index in [4.69, 9.17) is 9.40 Å². The molecule has 3 aromatic heterocycles. The molecule has 5 rings (SSSR count). The first-order valence-electron chi connectivity index (χ1n) is 9.71. The van der Waals surface area contributed by atoms with Gasteiger partial charge in [-0.2, -0.15) is 0 Å². The maximum absolute atomic E-state index is 11.5. The number of aromatic nitrogens is 3. The van der Waals surface area contributed by atoms with Crippen LogP contribution in [0.25, 0.3) is 28.0 Å². The lowest BCUT2D eigenvalue weighted by Crippen LogP contribution is -2.28. The zero-order chi connectivity index (χ0) is 19.1. The molecule has 7 nitrogen and oxygen atoms in total. The van der Waals surface area contributed by atoms with E-state index in [1.54, 1.807) is 0 Å². The van der Waals surface area contributed by atoms with Crippen molar-refractivity contribution in [3.63, 3.8) is 0 Å². The zero-order valence-corrected chi connectivity index (χ0v) is 15.9. The number of pyridine rings is 1. The van der Waals surface area contributed by atoms with Gasteiger partial charge < -0.3 is 14.1 Å². The largest absolute Gasteiger partial charge is 0.417 e. The fourth-order valence-electron chi connectivity index (χ4n) is 3.94. The molecule has 0 bridgehead atoms. The lowest BCUT2D eigenvalue weighted by molar-refractivity contribution is 0.281. The number of benzene rings is 1. The highest BCUT2D eigenvalue weighted by Crippen LogP contribution is 2.28. The van der Waals surface area contributed by atoms with Gasteiger partial charge in [-0.1, -0.05) is 6.07 Å². The standard InChI is InChI=1S/C21H23N5O2/c1-14-5-9-26-17(13-25-8-2-6-22-7-10-25)20(24-19(26)11-14)15-3-4-16-18(12-15)28-21(27)23-16/h3-5,9,11-12,22H,2,6-8,10,13H2,1H3,(H,23,27). The van der Waals surface area contributed by atoms with Gasteiger partial charge in [0.1, 0.15) is 5.65 Å². The second-order valence-electron chi connectivity index (χ2n) is 7.44. The van der Waals surface area contributed by atoms with E-state index >= 15 is 0 Å². The summed E-state index contributed by atoms with van der Waals surface area (Å²) < 4.78 is 7.44. The molecule has 0 atom stereocenters. The lowest BCUT2D eigenvalue weighted by Gasteiger charge is -2.20. The number of hydrogen-bond acceptors (Lipinski definition) is 5. The molecule has 1 aliphatic heterocycles. The van der Waals surface area contributed by atoms with Crippen molar-refractivity contribution >= 4 is 16.7 Å². The molecular formula is C21H23N5O2. The van der Waals surface area contributed by atoms with Gasteiger partial charge in [-0.05, 0) is 56.3 Å². The summed E-state index contributed by atoms with van der Waals surface area (Å²) in [4.78, 5) is 21.6. The number of nitrogens with one attached hydrogen (secondary N) is 2. The van der Waals surface area contributed by atoms with E-state index in [0.717, 1.165) is 61.7 Å². The molecule has 1 aliphatic rings. The average molecular weight is 377 g/mol. The van der Waals surface area contributed by atoms with E-state index in [1.807, 2.05) is 18.2 Å². The van der Waals surface area contributed by atoms with Gasteiger partial charge in [0.05, 0.1) is 16.9 Å². The van der Waals surface area contributed by atoms with E-state index in [2.05, 4.69) is 44.9 Å². The third-order valence-corrected chi connectivity index (χ3v) is 5.38. The van der Waals surface area contributed by atoms with Gasteiger partial charge in [0, 0.05) is 31.4 Å². The quantitative estimate of drug-likeness (QED) is 0.574. The van der Waals surface area contributed by atoms with E-state index in [0.29, 0.717) is 11.1 Å². The van der Waals surface area contributed by atoms with Crippen molar-refractivity contribution in [2.24, 2.45) is 0 Å². The van der Waals surface area contributed by atoms with Crippen molar-refractivity contribution in [3.05, 3.63) is 58.3 Å². The molecule has 7 heteroatoms. The minimum atomic E-state index is -0.435. The van der Waals surface area contributed by atoms with Crippen LogP contribution in [-0.2, 0) is 6.54 Å². The zero-order valence-electron chi connectivity index (χ0n) is 15.9. The summed E-state index contributed by atoms with van der Waals surface area (Å²) in [6.45, 7) is 7.07. The van der Waals surface area contributed by atoms with Crippen molar-refractivity contribution in [1.82, 2.24) is 24.6 Å². The van der Waals surface area contributed by atoms with Gasteiger partial charge in [-0.25, -0.2) is 9.78 Å². The molecule has 28 heavy (non-hydrogen) atoms. The number of aryl methyl sites for hydroxylation is 1. The van der Waals surface area contributed by atoms with E-state index in [-0.39, 0.29) is 0 Å². The van der Waals surface area contributed by atoms with Crippen molar-refractivity contribution < 1.29 is 4.42 Å². The molecule has 2 N–H and O–H groups in total. The SMILES string of the molecule is Cc1ccn2c(CN3CCCNCC3)c(-c3ccc4[nH]c(=O)oc4c3)nc2c1. The predicted octanol–water partition coefficient (Wildman–Crippen LogP) is 2.54. The monoisotopic (exact) mass is 377 g/mol. The Morgan fingerprint density at radius 2 is 2.11 bits per heavy atom. The van der Waals surface area contributed by atoms with Gasteiger partial charge in [0.2, 0.25) is 0 Å². The highest BCUT2D eigenvalue weighted by Gasteiger charge is 2.19. The highest BCUT2D eigenvalue weighted by atomic mass is 16.4. The Labute approximate surface area is 162 Å². The number of H-pyrrole nitrogens is 1. The van der Waals surface area contributed by atoms with Crippen LogP contribution in [0.2, 0.25) is 0 Å². The minimum absolute atomic E-state index is 0.435. The summed E-state index contributed by atoms with van der Waals surface area (Å²) in [7, 11) is 0. The smallest absolute Gasteiger partial charge is 0.408 e. The normalized spacial score (nSPS) is 16.0. The molecule has 0 spiro atoms. The van der Waals surface area contributed by atoms with Crippen molar-refractivity contribution in [3.8, 4) is 11.3 Å². The number of nitrogens with zero attached hydrogens (tertiary/aromatic N) is 3. The maximum atomic E-state index is 11.5. The van der Waals surface area contributed by atoms with Gasteiger partial charge in [0.25, 0.3) is 0 Å². The van der Waals surface area contributed by atoms with Gasteiger partial charge in [-0.15, -0.1) is 0 Å². The Morgan fingerprint density at radius 3 is 3.04 bits per heavy atom. The predicted molar refractivity (Wildman–Crippen MR) is 109 cm³/mol. The first kappa shape index (κ1) is 17.2. The lowest BCUT2D eigenvalue weighted by atomic mass is 10.1. The molecule has 1 fully saturated rings. The molecule has 1 aromatic carbocycles. The number of rotatable bonds is 3. The maximum Gasteiger partial charge on any atom is 0.417 e. The molecule has 0 saturated carbocycles. The summed E-state index contributed by atoms with van der Waals surface area (Å²) in [5.74, 6) is -0.435. The van der Waals surface area contributed by atoms with Crippen LogP contribution in [0.1, 0.15) is 17.7 Å².